The predicted octanol–water partition coefficient (Wildman–Crippen LogP) is 2.90. The Kier molecular flexibility index (Phi) is 9.64. The van der Waals surface area contributed by atoms with Gasteiger partial charge >= 0.3 is 0 Å². The Bertz CT molecular complexity index is 594. The zero-order valence-corrected chi connectivity index (χ0v) is 16.8. The molecule has 3 rings (SSSR count). The number of anilines is 1. The molecule has 2 saturated heterocycles. The van der Waals surface area contributed by atoms with E-state index in [0.29, 0.717) is 29.8 Å². The summed E-state index contributed by atoms with van der Waals surface area (Å²) in [6, 6.07) is 3.66. The number of carbonyl (C=O) groups excluding carboxylic acids is 2. The lowest BCUT2D eigenvalue weighted by molar-refractivity contribution is -0.135. The summed E-state index contributed by atoms with van der Waals surface area (Å²) < 4.78 is 0. The van der Waals surface area contributed by atoms with Gasteiger partial charge in [-0.25, -0.2) is 4.98 Å². The Labute approximate surface area is 171 Å². The number of nitrogens with one attached hydrogen (secondary N) is 2. The Morgan fingerprint density at radius 3 is 2.73 bits per heavy atom. The van der Waals surface area contributed by atoms with Crippen molar-refractivity contribution in [2.75, 3.05) is 25.0 Å². The molecule has 0 bridgehead atoms. The fourth-order valence-electron chi connectivity index (χ4n) is 3.37. The molecule has 0 saturated carbocycles. The average molecular weight is 424 g/mol. The molecular weight excluding hydrogens is 399 g/mol. The smallest absolute Gasteiger partial charge is 0.230 e. The van der Waals surface area contributed by atoms with E-state index in [1.54, 1.807) is 12.1 Å². The van der Waals surface area contributed by atoms with E-state index < -0.39 is 0 Å². The summed E-state index contributed by atoms with van der Waals surface area (Å²) in [6.45, 7) is 2.23. The van der Waals surface area contributed by atoms with E-state index >= 15 is 0 Å². The van der Waals surface area contributed by atoms with Gasteiger partial charge in [-0.05, 0) is 44.4 Å². The minimum absolute atomic E-state index is 0. The molecule has 0 spiro atoms. The van der Waals surface area contributed by atoms with Crippen molar-refractivity contribution in [1.29, 1.82) is 0 Å². The van der Waals surface area contributed by atoms with Gasteiger partial charge in [0.2, 0.25) is 11.8 Å². The molecule has 2 N–H and O–H groups in total. The first-order chi connectivity index (χ1) is 11.6. The summed E-state index contributed by atoms with van der Waals surface area (Å²) >= 11 is 5.80. The van der Waals surface area contributed by atoms with Crippen molar-refractivity contribution in [1.82, 2.24) is 15.2 Å². The molecule has 2 unspecified atom stereocenters. The van der Waals surface area contributed by atoms with Crippen molar-refractivity contribution < 1.29 is 9.59 Å². The van der Waals surface area contributed by atoms with Gasteiger partial charge in [-0.2, -0.15) is 0 Å². The van der Waals surface area contributed by atoms with E-state index in [4.69, 9.17) is 11.6 Å². The highest BCUT2D eigenvalue weighted by Gasteiger charge is 2.30. The second-order valence-corrected chi connectivity index (χ2v) is 6.96. The first-order valence-electron chi connectivity index (χ1n) is 8.55. The molecule has 26 heavy (non-hydrogen) atoms. The molecule has 9 heteroatoms. The highest BCUT2D eigenvalue weighted by molar-refractivity contribution is 6.30. The first-order valence-corrected chi connectivity index (χ1v) is 8.93. The van der Waals surface area contributed by atoms with Crippen LogP contribution in [0.15, 0.2) is 18.3 Å². The van der Waals surface area contributed by atoms with Crippen molar-refractivity contribution in [2.24, 2.45) is 5.92 Å². The van der Waals surface area contributed by atoms with Crippen LogP contribution in [0.1, 0.15) is 32.1 Å². The molecule has 0 aromatic carbocycles. The molecule has 0 aliphatic carbocycles. The third-order valence-corrected chi connectivity index (χ3v) is 4.93. The molecule has 3 heterocycles. The van der Waals surface area contributed by atoms with Crippen molar-refractivity contribution in [3.8, 4) is 0 Å². The number of hydrogen-bond acceptors (Lipinski definition) is 4. The van der Waals surface area contributed by atoms with E-state index in [0.717, 1.165) is 38.8 Å². The number of piperidine rings is 1. The zero-order valence-electron chi connectivity index (χ0n) is 14.4. The highest BCUT2D eigenvalue weighted by atomic mass is 35.5. The van der Waals surface area contributed by atoms with Crippen molar-refractivity contribution in [3.63, 3.8) is 0 Å². The van der Waals surface area contributed by atoms with Crippen LogP contribution in [-0.2, 0) is 9.59 Å². The van der Waals surface area contributed by atoms with Crippen LogP contribution in [0.5, 0.6) is 0 Å². The molecule has 2 amide bonds. The average Bonchev–Trinajstić information content (AvgIpc) is 3.10. The van der Waals surface area contributed by atoms with E-state index in [1.807, 2.05) is 4.90 Å². The highest BCUT2D eigenvalue weighted by Crippen LogP contribution is 2.20. The number of pyridine rings is 1. The summed E-state index contributed by atoms with van der Waals surface area (Å²) in [7, 11) is 0. The van der Waals surface area contributed by atoms with Gasteiger partial charge in [-0.3, -0.25) is 9.59 Å². The maximum atomic E-state index is 12.4. The number of aromatic nitrogens is 1. The zero-order chi connectivity index (χ0) is 16.9. The minimum atomic E-state index is -0.184. The second kappa shape index (κ2) is 10.9. The van der Waals surface area contributed by atoms with E-state index in [2.05, 4.69) is 15.6 Å². The number of halogens is 3. The van der Waals surface area contributed by atoms with Crippen molar-refractivity contribution in [2.45, 2.75) is 38.1 Å². The van der Waals surface area contributed by atoms with Gasteiger partial charge in [0.25, 0.3) is 0 Å². The molecule has 146 valence electrons. The van der Waals surface area contributed by atoms with Crippen LogP contribution < -0.4 is 10.6 Å². The molecule has 1 aromatic rings. The largest absolute Gasteiger partial charge is 0.342 e. The first kappa shape index (κ1) is 23.0. The molecule has 6 nitrogen and oxygen atoms in total. The lowest BCUT2D eigenvalue weighted by Gasteiger charge is -2.32. The summed E-state index contributed by atoms with van der Waals surface area (Å²) in [5, 5.41) is 6.69. The van der Waals surface area contributed by atoms with Crippen LogP contribution >= 0.6 is 36.4 Å². The molecule has 2 fully saturated rings. The predicted molar refractivity (Wildman–Crippen MR) is 107 cm³/mol. The Morgan fingerprint density at radius 1 is 1.27 bits per heavy atom. The quantitative estimate of drug-likeness (QED) is 0.781. The third kappa shape index (κ3) is 6.27. The minimum Gasteiger partial charge on any atom is -0.342 e. The second-order valence-electron chi connectivity index (χ2n) is 6.53. The molecule has 1 aromatic heterocycles. The number of hydrogen-bond donors (Lipinski definition) is 2. The number of amides is 2. The molecule has 0 radical (unpaired) electrons. The lowest BCUT2D eigenvalue weighted by Crippen LogP contribution is -2.45. The van der Waals surface area contributed by atoms with Gasteiger partial charge in [0.15, 0.2) is 0 Å². The Hall–Kier alpha value is -1.08. The van der Waals surface area contributed by atoms with Crippen molar-refractivity contribution in [3.05, 3.63) is 23.4 Å². The summed E-state index contributed by atoms with van der Waals surface area (Å²) in [4.78, 5) is 30.8. The van der Waals surface area contributed by atoms with Crippen LogP contribution in [0, 0.1) is 5.92 Å². The molecule has 2 atom stereocenters. The lowest BCUT2D eigenvalue weighted by atomic mass is 9.96. The normalized spacial score (nSPS) is 22.1. The van der Waals surface area contributed by atoms with Crippen LogP contribution in [0.2, 0.25) is 5.02 Å². The van der Waals surface area contributed by atoms with Crippen LogP contribution in [0.25, 0.3) is 0 Å². The Morgan fingerprint density at radius 2 is 2.08 bits per heavy atom. The maximum Gasteiger partial charge on any atom is 0.230 e. The Balaban J connectivity index is 0.00000169. The fraction of sp³-hybridized carbons (Fsp3) is 0.588. The van der Waals surface area contributed by atoms with Gasteiger partial charge < -0.3 is 15.5 Å². The third-order valence-electron chi connectivity index (χ3n) is 4.71. The standard InChI is InChI=1S/C17H23ClN4O2.2ClH/c18-13-5-6-15(20-10-13)21-17(24)12-3-2-8-22(11-12)16(23)9-14-4-1-7-19-14;;/h5-6,10,12,14,19H,1-4,7-9,11H2,(H,20,21,24);2*1H. The van der Waals surface area contributed by atoms with Crippen LogP contribution in [0.3, 0.4) is 0 Å². The SMILES string of the molecule is Cl.Cl.O=C(Nc1ccc(Cl)cn1)C1CCCN(C(=O)CC2CCCN2)C1. The van der Waals surface area contributed by atoms with E-state index in [1.165, 1.54) is 6.20 Å². The van der Waals surface area contributed by atoms with E-state index in [-0.39, 0.29) is 42.5 Å². The number of nitrogens with zero attached hydrogens (tertiary/aromatic N) is 2. The number of carbonyl (C=O) groups is 2. The summed E-state index contributed by atoms with van der Waals surface area (Å²) in [6.07, 6.45) is 5.89. The van der Waals surface area contributed by atoms with Crippen LogP contribution in [-0.4, -0.2) is 47.4 Å². The van der Waals surface area contributed by atoms with Crippen LogP contribution in [0.4, 0.5) is 5.82 Å². The number of likely N-dealkylation sites (tertiary alicyclic amines) is 1. The fourth-order valence-corrected chi connectivity index (χ4v) is 3.48. The summed E-state index contributed by atoms with van der Waals surface area (Å²) in [5.41, 5.74) is 0. The van der Waals surface area contributed by atoms with E-state index in [9.17, 15) is 9.59 Å². The molecule has 2 aliphatic heterocycles. The van der Waals surface area contributed by atoms with Gasteiger partial charge in [-0.15, -0.1) is 24.8 Å². The van der Waals surface area contributed by atoms with Gasteiger partial charge in [0.05, 0.1) is 10.9 Å². The van der Waals surface area contributed by atoms with Gasteiger partial charge in [0, 0.05) is 31.7 Å². The topological polar surface area (TPSA) is 74.3 Å². The van der Waals surface area contributed by atoms with Crippen molar-refractivity contribution >= 4 is 54.0 Å². The summed E-state index contributed by atoms with van der Waals surface area (Å²) in [5.74, 6) is 0.373. The molecule has 2 aliphatic rings. The monoisotopic (exact) mass is 422 g/mol. The number of rotatable bonds is 4. The van der Waals surface area contributed by atoms with Gasteiger partial charge in [-0.1, -0.05) is 11.6 Å². The maximum absolute atomic E-state index is 12.4. The van der Waals surface area contributed by atoms with Gasteiger partial charge in [0.1, 0.15) is 5.82 Å². The molecular formula is C17H25Cl3N4O2.